The summed E-state index contributed by atoms with van der Waals surface area (Å²) in [4.78, 5) is 2.37. The van der Waals surface area contributed by atoms with E-state index < -0.39 is 0 Å². The summed E-state index contributed by atoms with van der Waals surface area (Å²) in [7, 11) is 0. The van der Waals surface area contributed by atoms with Gasteiger partial charge in [-0.1, -0.05) is 47.5 Å². The molecule has 0 saturated carbocycles. The van der Waals surface area contributed by atoms with Crippen molar-refractivity contribution in [1.82, 2.24) is 4.90 Å². The van der Waals surface area contributed by atoms with Gasteiger partial charge in [0, 0.05) is 25.3 Å². The monoisotopic (exact) mass is 306 g/mol. The van der Waals surface area contributed by atoms with Crippen LogP contribution in [0.5, 0.6) is 0 Å². The lowest BCUT2D eigenvalue weighted by Gasteiger charge is -2.29. The van der Waals surface area contributed by atoms with Crippen LogP contribution in [0.25, 0.3) is 0 Å². The minimum absolute atomic E-state index is 0.617. The molecule has 2 nitrogen and oxygen atoms in total. The highest BCUT2D eigenvalue weighted by Crippen LogP contribution is 2.29. The molecule has 0 aromatic heterocycles. The smallest absolute Gasteiger partial charge is 0.0637 e. The molecule has 2 aromatic carbocycles. The summed E-state index contributed by atoms with van der Waals surface area (Å²) in [5.74, 6) is 0. The molecule has 0 bridgehead atoms. The minimum Gasteiger partial charge on any atom is -0.398 e. The molecule has 2 N–H and O–H groups in total. The normalized spacial score (nSPS) is 15.1. The lowest BCUT2D eigenvalue weighted by atomic mass is 9.97. The zero-order chi connectivity index (χ0) is 14.1. The first-order valence-electron chi connectivity index (χ1n) is 6.66. The molecular weight excluding hydrogens is 291 g/mol. The van der Waals surface area contributed by atoms with Crippen LogP contribution < -0.4 is 5.73 Å². The van der Waals surface area contributed by atoms with Crippen LogP contribution in [-0.4, -0.2) is 11.4 Å². The fourth-order valence-corrected chi connectivity index (χ4v) is 3.12. The number of benzene rings is 2. The predicted molar refractivity (Wildman–Crippen MR) is 85.1 cm³/mol. The van der Waals surface area contributed by atoms with Gasteiger partial charge in [0.05, 0.1) is 10.0 Å². The first-order valence-corrected chi connectivity index (χ1v) is 7.42. The maximum absolute atomic E-state index is 6.26. The lowest BCUT2D eigenvalue weighted by molar-refractivity contribution is 0.246. The topological polar surface area (TPSA) is 29.3 Å². The van der Waals surface area contributed by atoms with Crippen LogP contribution in [0.15, 0.2) is 36.4 Å². The Bertz CT molecular complexity index is 640. The summed E-state index contributed by atoms with van der Waals surface area (Å²) in [6.45, 7) is 2.71. The highest BCUT2D eigenvalue weighted by Gasteiger charge is 2.18. The number of nitrogen functional groups attached to an aromatic ring is 1. The average Bonchev–Trinajstić information content (AvgIpc) is 2.44. The highest BCUT2D eigenvalue weighted by atomic mass is 35.5. The van der Waals surface area contributed by atoms with Crippen LogP contribution in [0, 0.1) is 0 Å². The molecule has 1 aliphatic heterocycles. The number of hydrogen-bond donors (Lipinski definition) is 1. The molecule has 0 atom stereocenters. The minimum atomic E-state index is 0.617. The fraction of sp³-hybridized carbons (Fsp3) is 0.250. The van der Waals surface area contributed by atoms with Crippen molar-refractivity contribution in [3.8, 4) is 0 Å². The van der Waals surface area contributed by atoms with E-state index >= 15 is 0 Å². The van der Waals surface area contributed by atoms with Crippen molar-refractivity contribution in [1.29, 1.82) is 0 Å². The van der Waals surface area contributed by atoms with E-state index in [0.29, 0.717) is 10.0 Å². The molecule has 0 aliphatic carbocycles. The Morgan fingerprint density at radius 3 is 2.75 bits per heavy atom. The summed E-state index contributed by atoms with van der Waals surface area (Å²) in [5, 5.41) is 1.28. The fourth-order valence-electron chi connectivity index (χ4n) is 2.74. The quantitative estimate of drug-likeness (QED) is 0.845. The number of nitrogens with zero attached hydrogens (tertiary/aromatic N) is 1. The maximum Gasteiger partial charge on any atom is 0.0637 e. The molecule has 104 valence electrons. The van der Waals surface area contributed by atoms with Crippen molar-refractivity contribution in [3.63, 3.8) is 0 Å². The van der Waals surface area contributed by atoms with Crippen LogP contribution in [0.3, 0.4) is 0 Å². The molecule has 1 aliphatic rings. The van der Waals surface area contributed by atoms with E-state index in [1.807, 2.05) is 30.3 Å². The Morgan fingerprint density at radius 2 is 1.90 bits per heavy atom. The van der Waals surface area contributed by atoms with Crippen LogP contribution in [0.4, 0.5) is 5.69 Å². The maximum atomic E-state index is 6.26. The van der Waals surface area contributed by atoms with Gasteiger partial charge < -0.3 is 5.73 Å². The SMILES string of the molecule is Nc1cccc2c1CCN(Cc1cccc(Cl)c1Cl)C2. The zero-order valence-corrected chi connectivity index (χ0v) is 12.6. The molecule has 4 heteroatoms. The second kappa shape index (κ2) is 5.65. The summed E-state index contributed by atoms with van der Waals surface area (Å²) < 4.78 is 0. The summed E-state index contributed by atoms with van der Waals surface area (Å²) >= 11 is 12.3. The Balaban J connectivity index is 1.79. The van der Waals surface area contributed by atoms with Gasteiger partial charge in [0.1, 0.15) is 0 Å². The molecule has 0 amide bonds. The van der Waals surface area contributed by atoms with Crippen molar-refractivity contribution in [2.45, 2.75) is 19.5 Å². The van der Waals surface area contributed by atoms with Gasteiger partial charge in [-0.2, -0.15) is 0 Å². The third-order valence-electron chi connectivity index (χ3n) is 3.81. The van der Waals surface area contributed by atoms with Crippen molar-refractivity contribution in [2.24, 2.45) is 0 Å². The molecule has 2 aromatic rings. The first kappa shape index (κ1) is 13.7. The van der Waals surface area contributed by atoms with Gasteiger partial charge >= 0.3 is 0 Å². The Labute approximate surface area is 129 Å². The summed E-state index contributed by atoms with van der Waals surface area (Å²) in [6, 6.07) is 11.9. The van der Waals surface area contributed by atoms with E-state index in [4.69, 9.17) is 28.9 Å². The van der Waals surface area contributed by atoms with Crippen LogP contribution in [-0.2, 0) is 19.5 Å². The van der Waals surface area contributed by atoms with E-state index in [9.17, 15) is 0 Å². The highest BCUT2D eigenvalue weighted by molar-refractivity contribution is 6.42. The predicted octanol–water partition coefficient (Wildman–Crippen LogP) is 4.13. The number of anilines is 1. The van der Waals surface area contributed by atoms with Crippen LogP contribution >= 0.6 is 23.2 Å². The molecule has 1 heterocycles. The van der Waals surface area contributed by atoms with Gasteiger partial charge in [-0.3, -0.25) is 4.90 Å². The van der Waals surface area contributed by atoms with Crippen molar-refractivity contribution in [2.75, 3.05) is 12.3 Å². The van der Waals surface area contributed by atoms with E-state index in [0.717, 1.165) is 37.3 Å². The second-order valence-corrected chi connectivity index (χ2v) is 5.94. The third-order valence-corrected chi connectivity index (χ3v) is 4.66. The molecule has 0 spiro atoms. The molecular formula is C16H16Cl2N2. The molecule has 0 unspecified atom stereocenters. The molecule has 0 fully saturated rings. The standard InChI is InChI=1S/C16H16Cl2N2/c17-14-5-1-4-12(16(14)18)10-20-8-7-13-11(9-20)3-2-6-15(13)19/h1-6H,7-10,19H2. The Kier molecular flexibility index (Phi) is 3.88. The number of nitrogens with two attached hydrogens (primary N) is 1. The summed E-state index contributed by atoms with van der Waals surface area (Å²) in [5.41, 5.74) is 10.6. The van der Waals surface area contributed by atoms with E-state index in [1.165, 1.54) is 11.1 Å². The molecule has 0 saturated heterocycles. The van der Waals surface area contributed by atoms with Gasteiger partial charge in [0.15, 0.2) is 0 Å². The molecule has 3 rings (SSSR count). The number of fused-ring (bicyclic) bond motifs is 1. The van der Waals surface area contributed by atoms with Gasteiger partial charge in [0.2, 0.25) is 0 Å². The first-order chi connectivity index (χ1) is 9.65. The van der Waals surface area contributed by atoms with E-state index in [1.54, 1.807) is 0 Å². The van der Waals surface area contributed by atoms with Crippen LogP contribution in [0.1, 0.15) is 16.7 Å². The van der Waals surface area contributed by atoms with Crippen molar-refractivity contribution in [3.05, 3.63) is 63.1 Å². The van der Waals surface area contributed by atoms with Crippen LogP contribution in [0.2, 0.25) is 10.0 Å². The average molecular weight is 307 g/mol. The van der Waals surface area contributed by atoms with E-state index in [2.05, 4.69) is 11.0 Å². The number of hydrogen-bond acceptors (Lipinski definition) is 2. The molecule has 20 heavy (non-hydrogen) atoms. The third kappa shape index (κ3) is 2.64. The zero-order valence-electron chi connectivity index (χ0n) is 11.1. The Morgan fingerprint density at radius 1 is 1.10 bits per heavy atom. The lowest BCUT2D eigenvalue weighted by Crippen LogP contribution is -2.30. The molecule has 0 radical (unpaired) electrons. The van der Waals surface area contributed by atoms with Crippen molar-refractivity contribution >= 4 is 28.9 Å². The van der Waals surface area contributed by atoms with Crippen molar-refractivity contribution < 1.29 is 0 Å². The number of rotatable bonds is 2. The number of halogens is 2. The largest absolute Gasteiger partial charge is 0.398 e. The Hall–Kier alpha value is -1.22. The van der Waals surface area contributed by atoms with Gasteiger partial charge in [-0.05, 0) is 35.2 Å². The van der Waals surface area contributed by atoms with Gasteiger partial charge in [0.25, 0.3) is 0 Å². The second-order valence-electron chi connectivity index (χ2n) is 5.16. The summed E-state index contributed by atoms with van der Waals surface area (Å²) in [6.07, 6.45) is 0.986. The van der Waals surface area contributed by atoms with Gasteiger partial charge in [-0.25, -0.2) is 0 Å². The van der Waals surface area contributed by atoms with E-state index in [-0.39, 0.29) is 0 Å². The van der Waals surface area contributed by atoms with Gasteiger partial charge in [-0.15, -0.1) is 0 Å².